The Labute approximate surface area is 141 Å². The van der Waals surface area contributed by atoms with E-state index in [1.165, 1.54) is 5.56 Å². The van der Waals surface area contributed by atoms with Crippen molar-refractivity contribution in [2.45, 2.75) is 38.8 Å². The van der Waals surface area contributed by atoms with Gasteiger partial charge in [0.15, 0.2) is 11.5 Å². The summed E-state index contributed by atoms with van der Waals surface area (Å²) in [5, 5.41) is 18.0. The Morgan fingerprint density at radius 2 is 2.12 bits per heavy atom. The summed E-state index contributed by atoms with van der Waals surface area (Å²) in [7, 11) is 0. The Morgan fingerprint density at radius 3 is 2.88 bits per heavy atom. The first-order valence-electron chi connectivity index (χ1n) is 8.42. The maximum atomic E-state index is 10.7. The number of hydrogen-bond donors (Lipinski definition) is 2. The number of aromatic nitrogens is 2. The number of nitrogens with one attached hydrogen (secondary N) is 1. The summed E-state index contributed by atoms with van der Waals surface area (Å²) in [6.45, 7) is 6.81. The van der Waals surface area contributed by atoms with Crippen LogP contribution < -0.4 is 9.47 Å². The van der Waals surface area contributed by atoms with Gasteiger partial charge < -0.3 is 14.6 Å². The van der Waals surface area contributed by atoms with Crippen LogP contribution >= 0.6 is 0 Å². The number of hydrogen-bond acceptors (Lipinski definition) is 5. The van der Waals surface area contributed by atoms with Crippen LogP contribution in [-0.2, 0) is 6.54 Å². The molecule has 2 aromatic rings. The van der Waals surface area contributed by atoms with Crippen LogP contribution in [0.25, 0.3) is 0 Å². The highest BCUT2D eigenvalue weighted by Gasteiger charge is 2.30. The second-order valence-electron chi connectivity index (χ2n) is 6.72. The Bertz CT molecular complexity index is 724. The number of aryl methyl sites for hydroxylation is 2. The molecular formula is C18H23N3O3. The van der Waals surface area contributed by atoms with E-state index in [-0.39, 0.29) is 18.8 Å². The molecule has 2 aliphatic rings. The fourth-order valence-electron chi connectivity index (χ4n) is 3.70. The van der Waals surface area contributed by atoms with Crippen LogP contribution in [0.5, 0.6) is 11.5 Å². The van der Waals surface area contributed by atoms with Gasteiger partial charge in [-0.2, -0.15) is 5.10 Å². The van der Waals surface area contributed by atoms with Crippen LogP contribution in [0, 0.1) is 13.8 Å². The molecule has 2 atom stereocenters. The van der Waals surface area contributed by atoms with Gasteiger partial charge in [-0.05, 0) is 44.5 Å². The molecule has 0 unspecified atom stereocenters. The van der Waals surface area contributed by atoms with E-state index in [1.807, 2.05) is 32.0 Å². The third-order valence-corrected chi connectivity index (χ3v) is 5.15. The monoisotopic (exact) mass is 329 g/mol. The largest absolute Gasteiger partial charge is 0.454 e. The summed E-state index contributed by atoms with van der Waals surface area (Å²) in [4.78, 5) is 2.30. The molecule has 0 radical (unpaired) electrons. The number of fused-ring (bicyclic) bond motifs is 1. The zero-order valence-electron chi connectivity index (χ0n) is 14.1. The summed E-state index contributed by atoms with van der Waals surface area (Å²) in [6, 6.07) is 5.99. The van der Waals surface area contributed by atoms with Gasteiger partial charge in [0.25, 0.3) is 0 Å². The zero-order chi connectivity index (χ0) is 16.7. The Morgan fingerprint density at radius 1 is 1.29 bits per heavy atom. The molecule has 1 aromatic heterocycles. The molecule has 0 amide bonds. The molecule has 2 aliphatic heterocycles. The van der Waals surface area contributed by atoms with Crippen molar-refractivity contribution in [3.8, 4) is 11.5 Å². The number of H-pyrrole nitrogens is 1. The predicted molar refractivity (Wildman–Crippen MR) is 89.3 cm³/mol. The van der Waals surface area contributed by atoms with E-state index in [4.69, 9.17) is 9.47 Å². The number of rotatable bonds is 3. The van der Waals surface area contributed by atoms with E-state index < -0.39 is 0 Å². The van der Waals surface area contributed by atoms with Crippen molar-refractivity contribution in [1.82, 2.24) is 15.1 Å². The van der Waals surface area contributed by atoms with Gasteiger partial charge in [-0.25, -0.2) is 0 Å². The summed E-state index contributed by atoms with van der Waals surface area (Å²) < 4.78 is 10.8. The predicted octanol–water partition coefficient (Wildman–Crippen LogP) is 2.11. The standard InChI is InChI=1S/C18H23N3O3/c1-11-15(12(2)20-19-11)8-21-6-5-14(16(22)9-21)13-3-4-17-18(7-13)24-10-23-17/h3-4,7,14,16,22H,5-6,8-10H2,1-2H3,(H,19,20)/t14-,16+/m0/s1. The first kappa shape index (κ1) is 15.5. The minimum Gasteiger partial charge on any atom is -0.454 e. The molecule has 0 aliphatic carbocycles. The van der Waals surface area contributed by atoms with Crippen molar-refractivity contribution < 1.29 is 14.6 Å². The summed E-state index contributed by atoms with van der Waals surface area (Å²) >= 11 is 0. The third kappa shape index (κ3) is 2.76. The number of benzene rings is 1. The van der Waals surface area contributed by atoms with Crippen LogP contribution in [0.4, 0.5) is 0 Å². The fraction of sp³-hybridized carbons (Fsp3) is 0.500. The molecule has 128 valence electrons. The van der Waals surface area contributed by atoms with Gasteiger partial charge >= 0.3 is 0 Å². The molecule has 6 nitrogen and oxygen atoms in total. The smallest absolute Gasteiger partial charge is 0.231 e. The molecule has 4 rings (SSSR count). The van der Waals surface area contributed by atoms with Crippen LogP contribution in [0.15, 0.2) is 18.2 Å². The lowest BCUT2D eigenvalue weighted by Gasteiger charge is -2.36. The summed E-state index contributed by atoms with van der Waals surface area (Å²) in [5.74, 6) is 1.71. The first-order chi connectivity index (χ1) is 11.6. The number of β-amino-alcohol motifs (C(OH)–C–C–N with tert-alkyl or cyclic N) is 1. The molecule has 2 N–H and O–H groups in total. The summed E-state index contributed by atoms with van der Waals surface area (Å²) in [6.07, 6.45) is 0.545. The van der Waals surface area contributed by atoms with Crippen molar-refractivity contribution in [2.75, 3.05) is 19.9 Å². The number of aliphatic hydroxyl groups excluding tert-OH is 1. The zero-order valence-corrected chi connectivity index (χ0v) is 14.1. The second-order valence-corrected chi connectivity index (χ2v) is 6.72. The molecule has 0 bridgehead atoms. The highest BCUT2D eigenvalue weighted by atomic mass is 16.7. The van der Waals surface area contributed by atoms with Gasteiger partial charge in [0, 0.05) is 30.3 Å². The van der Waals surface area contributed by atoms with Gasteiger partial charge in [-0.3, -0.25) is 10.00 Å². The summed E-state index contributed by atoms with van der Waals surface area (Å²) in [5.41, 5.74) is 4.52. The number of aliphatic hydroxyl groups is 1. The van der Waals surface area contributed by atoms with Crippen LogP contribution in [0.3, 0.4) is 0 Å². The minimum atomic E-state index is -0.383. The maximum Gasteiger partial charge on any atom is 0.231 e. The number of ether oxygens (including phenoxy) is 2. The molecule has 0 saturated carbocycles. The fourth-order valence-corrected chi connectivity index (χ4v) is 3.70. The number of likely N-dealkylation sites (tertiary alicyclic amines) is 1. The number of piperidine rings is 1. The van der Waals surface area contributed by atoms with Crippen molar-refractivity contribution in [1.29, 1.82) is 0 Å². The van der Waals surface area contributed by atoms with Crippen molar-refractivity contribution in [2.24, 2.45) is 0 Å². The SMILES string of the molecule is Cc1n[nH]c(C)c1CN1CC[C@@H](c2ccc3c(c2)OCO3)[C@H](O)C1. The van der Waals surface area contributed by atoms with E-state index in [9.17, 15) is 5.11 Å². The molecule has 1 saturated heterocycles. The first-order valence-corrected chi connectivity index (χ1v) is 8.42. The van der Waals surface area contributed by atoms with Gasteiger partial charge in [-0.1, -0.05) is 6.07 Å². The third-order valence-electron chi connectivity index (χ3n) is 5.15. The van der Waals surface area contributed by atoms with E-state index in [0.717, 1.165) is 48.0 Å². The maximum absolute atomic E-state index is 10.7. The average molecular weight is 329 g/mol. The van der Waals surface area contributed by atoms with Crippen molar-refractivity contribution in [3.63, 3.8) is 0 Å². The number of nitrogens with zero attached hydrogens (tertiary/aromatic N) is 2. The van der Waals surface area contributed by atoms with Crippen molar-refractivity contribution >= 4 is 0 Å². The highest BCUT2D eigenvalue weighted by Crippen LogP contribution is 2.37. The lowest BCUT2D eigenvalue weighted by molar-refractivity contribution is 0.0474. The van der Waals surface area contributed by atoms with E-state index in [0.29, 0.717) is 6.54 Å². The topological polar surface area (TPSA) is 70.6 Å². The molecule has 1 fully saturated rings. The van der Waals surface area contributed by atoms with E-state index in [2.05, 4.69) is 15.1 Å². The van der Waals surface area contributed by atoms with Gasteiger partial charge in [0.2, 0.25) is 6.79 Å². The minimum absolute atomic E-state index is 0.141. The van der Waals surface area contributed by atoms with Gasteiger partial charge in [0.05, 0.1) is 11.8 Å². The molecular weight excluding hydrogens is 306 g/mol. The lowest BCUT2D eigenvalue weighted by atomic mass is 9.86. The average Bonchev–Trinajstić information content (AvgIpc) is 3.16. The van der Waals surface area contributed by atoms with Crippen molar-refractivity contribution in [3.05, 3.63) is 40.7 Å². The van der Waals surface area contributed by atoms with Crippen LogP contribution in [0.1, 0.15) is 34.9 Å². The lowest BCUT2D eigenvalue weighted by Crippen LogP contribution is -2.42. The quantitative estimate of drug-likeness (QED) is 0.902. The van der Waals surface area contributed by atoms with Gasteiger partial charge in [0.1, 0.15) is 0 Å². The Hall–Kier alpha value is -2.05. The highest BCUT2D eigenvalue weighted by molar-refractivity contribution is 5.45. The van der Waals surface area contributed by atoms with E-state index >= 15 is 0 Å². The molecule has 0 spiro atoms. The molecule has 3 heterocycles. The van der Waals surface area contributed by atoms with Crippen LogP contribution in [0.2, 0.25) is 0 Å². The Balaban J connectivity index is 1.45. The second kappa shape index (κ2) is 6.11. The van der Waals surface area contributed by atoms with Gasteiger partial charge in [-0.15, -0.1) is 0 Å². The van der Waals surface area contributed by atoms with Crippen LogP contribution in [-0.4, -0.2) is 46.2 Å². The normalized spacial score (nSPS) is 23.6. The molecule has 1 aromatic carbocycles. The molecule has 6 heteroatoms. The Kier molecular flexibility index (Phi) is 3.94. The van der Waals surface area contributed by atoms with E-state index in [1.54, 1.807) is 0 Å². The molecule has 24 heavy (non-hydrogen) atoms. The number of aromatic amines is 1.